The predicted molar refractivity (Wildman–Crippen MR) is 61.1 cm³/mol. The quantitative estimate of drug-likeness (QED) is 0.777. The Balaban J connectivity index is 2.11. The zero-order valence-corrected chi connectivity index (χ0v) is 10.7. The van der Waals surface area contributed by atoms with E-state index < -0.39 is 5.97 Å². The first-order valence-corrected chi connectivity index (χ1v) is 5.52. The lowest BCUT2D eigenvalue weighted by atomic mass is 10.1. The zero-order chi connectivity index (χ0) is 13.3. The molecule has 0 N–H and O–H groups in total. The summed E-state index contributed by atoms with van der Waals surface area (Å²) < 4.78 is 15.1. The van der Waals surface area contributed by atoms with Gasteiger partial charge >= 0.3 is 5.97 Å². The first kappa shape index (κ1) is 12.3. The number of ether oxygens (including phenoxy) is 1. The van der Waals surface area contributed by atoms with Crippen molar-refractivity contribution in [1.29, 1.82) is 0 Å². The van der Waals surface area contributed by atoms with E-state index in [9.17, 15) is 4.79 Å². The molecule has 6 nitrogen and oxygen atoms in total. The molecule has 0 unspecified atom stereocenters. The van der Waals surface area contributed by atoms with Crippen molar-refractivity contribution in [1.82, 2.24) is 10.3 Å². The van der Waals surface area contributed by atoms with Crippen molar-refractivity contribution in [3.63, 3.8) is 0 Å². The summed E-state index contributed by atoms with van der Waals surface area (Å²) in [5.74, 6) is 0.855. The smallest absolute Gasteiger partial charge is 0.342 e. The normalized spacial score (nSPS) is 10.7. The van der Waals surface area contributed by atoms with E-state index in [0.29, 0.717) is 22.7 Å². The highest BCUT2D eigenvalue weighted by Gasteiger charge is 2.20. The maximum absolute atomic E-state index is 11.9. The Hall–Kier alpha value is -2.11. The molecule has 0 saturated heterocycles. The molecule has 0 radical (unpaired) electrons. The molecule has 0 saturated carbocycles. The maximum Gasteiger partial charge on any atom is 0.342 e. The molecular formula is C12H14N2O4. The topological polar surface area (TPSA) is 78.4 Å². The van der Waals surface area contributed by atoms with Crippen LogP contribution in [0.2, 0.25) is 0 Å². The van der Waals surface area contributed by atoms with Crippen molar-refractivity contribution in [2.75, 3.05) is 0 Å². The van der Waals surface area contributed by atoms with Crippen molar-refractivity contribution < 1.29 is 18.6 Å². The highest BCUT2D eigenvalue weighted by Crippen LogP contribution is 2.21. The summed E-state index contributed by atoms with van der Waals surface area (Å²) in [5, 5.41) is 7.26. The van der Waals surface area contributed by atoms with E-state index in [1.807, 2.05) is 13.8 Å². The van der Waals surface area contributed by atoms with Crippen molar-refractivity contribution in [2.45, 2.75) is 34.3 Å². The molecule has 18 heavy (non-hydrogen) atoms. The predicted octanol–water partition coefficient (Wildman–Crippen LogP) is 2.25. The second kappa shape index (κ2) is 4.64. The van der Waals surface area contributed by atoms with E-state index >= 15 is 0 Å². The molecule has 0 bridgehead atoms. The number of carbonyl (C=O) groups is 1. The standard InChI is InChI=1S/C12H14N2O4/c1-6-8(3)17-9(4)11(6)12(15)16-5-10-7(2)13-18-14-10/h5H2,1-4H3. The number of furan rings is 1. The van der Waals surface area contributed by atoms with Gasteiger partial charge in [-0.25, -0.2) is 9.42 Å². The first-order valence-electron chi connectivity index (χ1n) is 5.52. The molecule has 0 amide bonds. The van der Waals surface area contributed by atoms with Gasteiger partial charge in [-0.15, -0.1) is 0 Å². The zero-order valence-electron chi connectivity index (χ0n) is 10.7. The van der Waals surface area contributed by atoms with Crippen LogP contribution in [0.25, 0.3) is 0 Å². The van der Waals surface area contributed by atoms with Crippen molar-refractivity contribution in [2.24, 2.45) is 0 Å². The van der Waals surface area contributed by atoms with Gasteiger partial charge in [-0.3, -0.25) is 0 Å². The van der Waals surface area contributed by atoms with E-state index in [2.05, 4.69) is 14.9 Å². The molecule has 2 heterocycles. The average Bonchev–Trinajstić information content (AvgIpc) is 2.81. The minimum Gasteiger partial charge on any atom is -0.465 e. The van der Waals surface area contributed by atoms with Gasteiger partial charge < -0.3 is 9.15 Å². The molecular weight excluding hydrogens is 236 g/mol. The third kappa shape index (κ3) is 2.13. The second-order valence-corrected chi connectivity index (χ2v) is 4.09. The van der Waals surface area contributed by atoms with Gasteiger partial charge in [0, 0.05) is 5.56 Å². The molecule has 0 fully saturated rings. The maximum atomic E-state index is 11.9. The number of rotatable bonds is 3. The van der Waals surface area contributed by atoms with Gasteiger partial charge in [-0.05, 0) is 27.7 Å². The summed E-state index contributed by atoms with van der Waals surface area (Å²) in [4.78, 5) is 11.9. The largest absolute Gasteiger partial charge is 0.465 e. The molecule has 2 aromatic heterocycles. The summed E-state index contributed by atoms with van der Waals surface area (Å²) in [6.07, 6.45) is 0. The van der Waals surface area contributed by atoms with Gasteiger partial charge in [0.25, 0.3) is 0 Å². The number of aryl methyl sites for hydroxylation is 3. The second-order valence-electron chi connectivity index (χ2n) is 4.09. The van der Waals surface area contributed by atoms with Gasteiger partial charge in [0.15, 0.2) is 0 Å². The Morgan fingerprint density at radius 2 is 1.89 bits per heavy atom. The van der Waals surface area contributed by atoms with Crippen LogP contribution < -0.4 is 0 Å². The van der Waals surface area contributed by atoms with E-state index in [1.165, 1.54) is 0 Å². The highest BCUT2D eigenvalue weighted by atomic mass is 16.6. The number of esters is 1. The van der Waals surface area contributed by atoms with Crippen LogP contribution in [-0.4, -0.2) is 16.3 Å². The molecule has 0 atom stereocenters. The summed E-state index contributed by atoms with van der Waals surface area (Å²) in [6, 6.07) is 0. The summed E-state index contributed by atoms with van der Waals surface area (Å²) in [7, 11) is 0. The van der Waals surface area contributed by atoms with E-state index in [4.69, 9.17) is 9.15 Å². The van der Waals surface area contributed by atoms with E-state index in [1.54, 1.807) is 13.8 Å². The molecule has 0 aromatic carbocycles. The van der Waals surface area contributed by atoms with Crippen molar-refractivity contribution >= 4 is 5.97 Å². The van der Waals surface area contributed by atoms with E-state index in [0.717, 1.165) is 11.3 Å². The van der Waals surface area contributed by atoms with Gasteiger partial charge in [-0.1, -0.05) is 10.3 Å². The summed E-state index contributed by atoms with van der Waals surface area (Å²) >= 11 is 0. The Kier molecular flexibility index (Phi) is 3.18. The van der Waals surface area contributed by atoms with Gasteiger partial charge in [0.1, 0.15) is 35.1 Å². The van der Waals surface area contributed by atoms with Crippen LogP contribution in [0.4, 0.5) is 0 Å². The summed E-state index contributed by atoms with van der Waals surface area (Å²) in [5.41, 5.74) is 2.40. The minimum absolute atomic E-state index is 0.0390. The molecule has 0 aliphatic carbocycles. The Morgan fingerprint density at radius 3 is 2.39 bits per heavy atom. The number of hydrogen-bond donors (Lipinski definition) is 0. The Bertz CT molecular complexity index is 583. The Labute approximate surface area is 104 Å². The number of hydrogen-bond acceptors (Lipinski definition) is 6. The molecule has 2 aromatic rings. The highest BCUT2D eigenvalue weighted by molar-refractivity contribution is 5.92. The van der Waals surface area contributed by atoms with Gasteiger partial charge in [0.05, 0.1) is 0 Å². The van der Waals surface area contributed by atoms with Crippen LogP contribution >= 0.6 is 0 Å². The van der Waals surface area contributed by atoms with Crippen molar-refractivity contribution in [3.8, 4) is 0 Å². The fourth-order valence-corrected chi connectivity index (χ4v) is 1.68. The van der Waals surface area contributed by atoms with Crippen molar-refractivity contribution in [3.05, 3.63) is 34.0 Å². The van der Waals surface area contributed by atoms with Gasteiger partial charge in [0.2, 0.25) is 0 Å². The molecule has 0 spiro atoms. The molecule has 6 heteroatoms. The fraction of sp³-hybridized carbons (Fsp3) is 0.417. The SMILES string of the molecule is Cc1nonc1COC(=O)c1c(C)oc(C)c1C. The summed E-state index contributed by atoms with van der Waals surface area (Å²) in [6.45, 7) is 7.14. The van der Waals surface area contributed by atoms with E-state index in [-0.39, 0.29) is 6.61 Å². The van der Waals surface area contributed by atoms with Crippen LogP contribution in [0.1, 0.15) is 38.8 Å². The minimum atomic E-state index is -0.427. The lowest BCUT2D eigenvalue weighted by Gasteiger charge is -2.02. The molecule has 0 aliphatic heterocycles. The van der Waals surface area contributed by atoms with Crippen LogP contribution in [0, 0.1) is 27.7 Å². The average molecular weight is 250 g/mol. The molecule has 2 rings (SSSR count). The monoisotopic (exact) mass is 250 g/mol. The number of nitrogens with zero attached hydrogens (tertiary/aromatic N) is 2. The molecule has 0 aliphatic rings. The van der Waals surface area contributed by atoms with Crippen LogP contribution in [0.5, 0.6) is 0 Å². The van der Waals surface area contributed by atoms with Crippen LogP contribution in [0.15, 0.2) is 9.05 Å². The lowest BCUT2D eigenvalue weighted by Crippen LogP contribution is -2.08. The third-order valence-corrected chi connectivity index (χ3v) is 2.85. The third-order valence-electron chi connectivity index (χ3n) is 2.85. The fourth-order valence-electron chi connectivity index (χ4n) is 1.68. The molecule has 96 valence electrons. The van der Waals surface area contributed by atoms with Crippen LogP contribution in [-0.2, 0) is 11.3 Å². The van der Waals surface area contributed by atoms with Crippen LogP contribution in [0.3, 0.4) is 0 Å². The first-order chi connectivity index (χ1) is 8.50. The lowest BCUT2D eigenvalue weighted by molar-refractivity contribution is 0.0460. The number of aromatic nitrogens is 2. The number of carbonyl (C=O) groups excluding carboxylic acids is 1. The van der Waals surface area contributed by atoms with Gasteiger partial charge in [-0.2, -0.15) is 0 Å². The Morgan fingerprint density at radius 1 is 1.17 bits per heavy atom.